The van der Waals surface area contributed by atoms with E-state index in [1.54, 1.807) is 36.9 Å². The second-order valence-electron chi connectivity index (χ2n) is 6.86. The van der Waals surface area contributed by atoms with Gasteiger partial charge in [0.15, 0.2) is 0 Å². The summed E-state index contributed by atoms with van der Waals surface area (Å²) in [6.07, 6.45) is 8.94. The molecule has 0 radical (unpaired) electrons. The zero-order chi connectivity index (χ0) is 20.1. The molecule has 0 bridgehead atoms. The molecule has 1 atom stereocenters. The monoisotopic (exact) mass is 394 g/mol. The first kappa shape index (κ1) is 19.0. The lowest BCUT2D eigenvalue weighted by atomic mass is 9.94. The van der Waals surface area contributed by atoms with Gasteiger partial charge in [-0.3, -0.25) is 9.78 Å². The van der Waals surface area contributed by atoms with E-state index in [4.69, 9.17) is 9.26 Å². The quantitative estimate of drug-likeness (QED) is 0.627. The molecule has 4 rings (SSSR count). The van der Waals surface area contributed by atoms with Crippen LogP contribution in [0.3, 0.4) is 0 Å². The molecule has 3 aromatic rings. The highest BCUT2D eigenvalue weighted by atomic mass is 16.5. The Bertz CT molecular complexity index is 962. The average molecular weight is 394 g/mol. The molecule has 9 nitrogen and oxygen atoms in total. The van der Waals surface area contributed by atoms with Gasteiger partial charge in [0.25, 0.3) is 5.91 Å². The van der Waals surface area contributed by atoms with Crippen molar-refractivity contribution < 1.29 is 14.1 Å². The van der Waals surface area contributed by atoms with Gasteiger partial charge in [0.2, 0.25) is 17.6 Å². The Morgan fingerprint density at radius 3 is 3.07 bits per heavy atom. The molecule has 3 aromatic heterocycles. The van der Waals surface area contributed by atoms with Gasteiger partial charge in [-0.05, 0) is 37.8 Å². The molecule has 0 N–H and O–H groups in total. The minimum Gasteiger partial charge on any atom is -0.477 e. The molecule has 1 aliphatic rings. The normalized spacial score (nSPS) is 16.6. The molecule has 1 aliphatic heterocycles. The van der Waals surface area contributed by atoms with Crippen molar-refractivity contribution in [3.05, 3.63) is 48.4 Å². The van der Waals surface area contributed by atoms with Gasteiger partial charge in [-0.2, -0.15) is 4.98 Å². The molecule has 1 amide bonds. The molecule has 4 heterocycles. The predicted octanol–water partition coefficient (Wildman–Crippen LogP) is 2.42. The fourth-order valence-electron chi connectivity index (χ4n) is 3.50. The van der Waals surface area contributed by atoms with Gasteiger partial charge in [-0.1, -0.05) is 5.16 Å². The van der Waals surface area contributed by atoms with Crippen molar-refractivity contribution in [2.75, 3.05) is 19.7 Å². The molecule has 150 valence electrons. The van der Waals surface area contributed by atoms with Gasteiger partial charge in [0.05, 0.1) is 12.8 Å². The largest absolute Gasteiger partial charge is 0.477 e. The van der Waals surface area contributed by atoms with Crippen LogP contribution in [-0.2, 0) is 6.42 Å². The minimum absolute atomic E-state index is 0.0583. The Hall–Kier alpha value is -3.36. The highest BCUT2D eigenvalue weighted by molar-refractivity contribution is 5.96. The summed E-state index contributed by atoms with van der Waals surface area (Å²) >= 11 is 0. The molecule has 0 unspecified atom stereocenters. The Morgan fingerprint density at radius 1 is 1.31 bits per heavy atom. The maximum Gasteiger partial charge on any atom is 0.259 e. The van der Waals surface area contributed by atoms with Gasteiger partial charge in [0, 0.05) is 38.1 Å². The average Bonchev–Trinajstić information content (AvgIpc) is 3.23. The molecule has 29 heavy (non-hydrogen) atoms. The highest BCUT2D eigenvalue weighted by Crippen LogP contribution is 2.24. The van der Waals surface area contributed by atoms with E-state index in [1.165, 1.54) is 0 Å². The second kappa shape index (κ2) is 8.76. The summed E-state index contributed by atoms with van der Waals surface area (Å²) in [5, 5.41) is 3.99. The molecule has 0 aromatic carbocycles. The zero-order valence-corrected chi connectivity index (χ0v) is 16.2. The summed E-state index contributed by atoms with van der Waals surface area (Å²) in [6, 6.07) is 3.51. The van der Waals surface area contributed by atoms with Crippen molar-refractivity contribution in [3.8, 4) is 17.4 Å². The Balaban J connectivity index is 1.43. The summed E-state index contributed by atoms with van der Waals surface area (Å²) in [4.78, 5) is 31.7. The molecule has 0 aliphatic carbocycles. The maximum atomic E-state index is 13.0. The van der Waals surface area contributed by atoms with Gasteiger partial charge in [-0.25, -0.2) is 9.97 Å². The van der Waals surface area contributed by atoms with Crippen LogP contribution < -0.4 is 4.74 Å². The molecular formula is C20H22N6O3. The first-order chi connectivity index (χ1) is 14.2. The van der Waals surface area contributed by atoms with Gasteiger partial charge >= 0.3 is 0 Å². The number of amides is 1. The van der Waals surface area contributed by atoms with Gasteiger partial charge < -0.3 is 14.2 Å². The predicted molar refractivity (Wildman–Crippen MR) is 103 cm³/mol. The van der Waals surface area contributed by atoms with Crippen LogP contribution >= 0.6 is 0 Å². The van der Waals surface area contributed by atoms with Crippen LogP contribution in [-0.4, -0.2) is 55.6 Å². The van der Waals surface area contributed by atoms with E-state index in [-0.39, 0.29) is 11.8 Å². The van der Waals surface area contributed by atoms with Crippen molar-refractivity contribution in [2.24, 2.45) is 5.92 Å². The van der Waals surface area contributed by atoms with Gasteiger partial charge in [-0.15, -0.1) is 0 Å². The third-order valence-electron chi connectivity index (χ3n) is 4.81. The number of hydrogen-bond donors (Lipinski definition) is 0. The van der Waals surface area contributed by atoms with Crippen LogP contribution in [0.4, 0.5) is 0 Å². The number of hydrogen-bond acceptors (Lipinski definition) is 8. The van der Waals surface area contributed by atoms with E-state index in [9.17, 15) is 4.79 Å². The Morgan fingerprint density at radius 2 is 2.24 bits per heavy atom. The first-order valence-electron chi connectivity index (χ1n) is 9.70. The van der Waals surface area contributed by atoms with E-state index in [2.05, 4.69) is 25.1 Å². The van der Waals surface area contributed by atoms with Crippen LogP contribution in [0.5, 0.6) is 5.88 Å². The number of aromatic nitrogens is 5. The number of pyridine rings is 1. The van der Waals surface area contributed by atoms with Crippen LogP contribution in [0.15, 0.2) is 41.4 Å². The number of piperidine rings is 1. The van der Waals surface area contributed by atoms with Crippen LogP contribution in [0.1, 0.15) is 36.0 Å². The number of rotatable bonds is 6. The molecule has 9 heteroatoms. The Labute approximate surface area is 168 Å². The van der Waals surface area contributed by atoms with Crippen LogP contribution in [0.2, 0.25) is 0 Å². The first-order valence-corrected chi connectivity index (χ1v) is 9.70. The summed E-state index contributed by atoms with van der Waals surface area (Å²) < 4.78 is 10.9. The minimum atomic E-state index is -0.0583. The van der Waals surface area contributed by atoms with Crippen LogP contribution in [0, 0.1) is 5.92 Å². The Kier molecular flexibility index (Phi) is 5.73. The highest BCUT2D eigenvalue weighted by Gasteiger charge is 2.28. The number of carbonyl (C=O) groups is 1. The molecular weight excluding hydrogens is 372 g/mol. The third kappa shape index (κ3) is 4.39. The number of nitrogens with zero attached hydrogens (tertiary/aromatic N) is 6. The van der Waals surface area contributed by atoms with E-state index in [0.29, 0.717) is 55.0 Å². The lowest BCUT2D eigenvalue weighted by Crippen LogP contribution is -2.40. The summed E-state index contributed by atoms with van der Waals surface area (Å²) in [7, 11) is 0. The fraction of sp³-hybridized carbons (Fsp3) is 0.400. The molecule has 0 spiro atoms. The topological polar surface area (TPSA) is 107 Å². The third-order valence-corrected chi connectivity index (χ3v) is 4.81. The second-order valence-corrected chi connectivity index (χ2v) is 6.86. The van der Waals surface area contributed by atoms with E-state index >= 15 is 0 Å². The molecule has 1 saturated heterocycles. The molecule has 0 saturated carbocycles. The number of ether oxygens (including phenoxy) is 1. The van der Waals surface area contributed by atoms with Gasteiger partial charge in [0.1, 0.15) is 11.3 Å². The summed E-state index contributed by atoms with van der Waals surface area (Å²) in [6.45, 7) is 3.68. The lowest BCUT2D eigenvalue weighted by molar-refractivity contribution is 0.0663. The standard InChI is InChI=1S/C20H22N6O3/c1-2-28-19-15(6-3-7-23-19)20(27)26-10-4-5-14(13-26)11-17-24-18(25-29-17)16-12-21-8-9-22-16/h3,6-9,12,14H,2,4-5,10-11,13H2,1H3/t14-/m0/s1. The van der Waals surface area contributed by atoms with E-state index < -0.39 is 0 Å². The van der Waals surface area contributed by atoms with E-state index in [1.807, 2.05) is 11.8 Å². The van der Waals surface area contributed by atoms with Crippen molar-refractivity contribution in [1.82, 2.24) is 30.0 Å². The lowest BCUT2D eigenvalue weighted by Gasteiger charge is -2.32. The van der Waals surface area contributed by atoms with Crippen molar-refractivity contribution >= 4 is 5.91 Å². The fourth-order valence-corrected chi connectivity index (χ4v) is 3.50. The summed E-state index contributed by atoms with van der Waals surface area (Å²) in [5.41, 5.74) is 1.07. The van der Waals surface area contributed by atoms with Crippen molar-refractivity contribution in [3.63, 3.8) is 0 Å². The number of carbonyl (C=O) groups excluding carboxylic acids is 1. The zero-order valence-electron chi connectivity index (χ0n) is 16.2. The van der Waals surface area contributed by atoms with Crippen LogP contribution in [0.25, 0.3) is 11.5 Å². The van der Waals surface area contributed by atoms with Crippen molar-refractivity contribution in [2.45, 2.75) is 26.2 Å². The van der Waals surface area contributed by atoms with E-state index in [0.717, 1.165) is 12.8 Å². The van der Waals surface area contributed by atoms with Crippen molar-refractivity contribution in [1.29, 1.82) is 0 Å². The molecule has 1 fully saturated rings. The maximum absolute atomic E-state index is 13.0. The smallest absolute Gasteiger partial charge is 0.259 e. The SMILES string of the molecule is CCOc1ncccc1C(=O)N1CCC[C@@H](Cc2nc(-c3cnccn3)no2)C1. The summed E-state index contributed by atoms with van der Waals surface area (Å²) in [5.74, 6) is 1.54. The number of likely N-dealkylation sites (tertiary alicyclic amines) is 1.